The molecule has 0 saturated carbocycles. The molecule has 0 aliphatic rings. The topological polar surface area (TPSA) is 50.4 Å². The summed E-state index contributed by atoms with van der Waals surface area (Å²) in [6, 6.07) is 7.44. The Balaban J connectivity index is 2.53. The van der Waals surface area contributed by atoms with Crippen LogP contribution in [0.2, 0.25) is 0 Å². The fourth-order valence-corrected chi connectivity index (χ4v) is 2.67. The molecule has 0 spiro atoms. The van der Waals surface area contributed by atoms with Crippen molar-refractivity contribution >= 4 is 12.1 Å². The van der Waals surface area contributed by atoms with Crippen molar-refractivity contribution < 1.29 is 9.53 Å². The van der Waals surface area contributed by atoms with E-state index in [-0.39, 0.29) is 17.0 Å². The molecule has 0 heterocycles. The summed E-state index contributed by atoms with van der Waals surface area (Å²) in [4.78, 5) is 12.0. The molecule has 4 heteroatoms. The second-order valence-electron chi connectivity index (χ2n) is 7.33. The molecule has 0 bridgehead atoms. The van der Waals surface area contributed by atoms with Gasteiger partial charge in [0, 0.05) is 11.7 Å². The molecule has 22 heavy (non-hydrogen) atoms. The molecular formula is C18H28N2O2. The van der Waals surface area contributed by atoms with Gasteiger partial charge in [-0.2, -0.15) is 0 Å². The van der Waals surface area contributed by atoms with Crippen LogP contribution in [0.1, 0.15) is 46.6 Å². The van der Waals surface area contributed by atoms with Crippen LogP contribution in [0.3, 0.4) is 0 Å². The molecule has 0 aliphatic carbocycles. The molecule has 0 fully saturated rings. The molecule has 0 radical (unpaired) electrons. The Hall–Kier alpha value is -1.97. The first kappa shape index (κ1) is 18.1. The molecule has 1 aromatic carbocycles. The van der Waals surface area contributed by atoms with Crippen molar-refractivity contribution in [3.63, 3.8) is 0 Å². The van der Waals surface area contributed by atoms with E-state index >= 15 is 0 Å². The summed E-state index contributed by atoms with van der Waals surface area (Å²) in [6.07, 6.45) is 4.36. The number of carbonyl (C=O) groups excluding carboxylic acids is 1. The van der Waals surface area contributed by atoms with Gasteiger partial charge >= 0.3 is 6.03 Å². The van der Waals surface area contributed by atoms with Gasteiger partial charge in [0.05, 0.1) is 7.11 Å². The molecule has 2 amide bonds. The molecule has 122 valence electrons. The third-order valence-electron chi connectivity index (χ3n) is 3.01. The Morgan fingerprint density at radius 3 is 2.50 bits per heavy atom. The number of carbonyl (C=O) groups is 1. The van der Waals surface area contributed by atoms with Crippen LogP contribution in [0.5, 0.6) is 5.75 Å². The van der Waals surface area contributed by atoms with Gasteiger partial charge in [0.25, 0.3) is 0 Å². The Morgan fingerprint density at radius 1 is 1.23 bits per heavy atom. The molecule has 1 aromatic rings. The van der Waals surface area contributed by atoms with E-state index in [0.717, 1.165) is 17.7 Å². The minimum Gasteiger partial charge on any atom is -0.497 e. The number of methoxy groups -OCH3 is 1. The van der Waals surface area contributed by atoms with E-state index in [4.69, 9.17) is 4.74 Å². The SMILES string of the molecule is COc1cccc(/C=C/NC(=O)NC(C)(C)CC(C)(C)C)c1. The van der Waals surface area contributed by atoms with E-state index in [1.165, 1.54) is 0 Å². The number of hydrogen-bond acceptors (Lipinski definition) is 2. The third kappa shape index (κ3) is 7.16. The van der Waals surface area contributed by atoms with Crippen molar-refractivity contribution in [1.82, 2.24) is 10.6 Å². The fraction of sp³-hybridized carbons (Fsp3) is 0.500. The molecule has 0 atom stereocenters. The lowest BCUT2D eigenvalue weighted by molar-refractivity contribution is 0.213. The summed E-state index contributed by atoms with van der Waals surface area (Å²) >= 11 is 0. The van der Waals surface area contributed by atoms with E-state index in [1.807, 2.05) is 44.2 Å². The first-order valence-electron chi connectivity index (χ1n) is 7.51. The Kier molecular flexibility index (Phi) is 6.03. The quantitative estimate of drug-likeness (QED) is 0.857. The number of amides is 2. The zero-order chi connectivity index (χ0) is 16.8. The average molecular weight is 304 g/mol. The van der Waals surface area contributed by atoms with Crippen LogP contribution in [0.15, 0.2) is 30.5 Å². The minimum atomic E-state index is -0.258. The van der Waals surface area contributed by atoms with Gasteiger partial charge in [0.2, 0.25) is 0 Å². The predicted octanol–water partition coefficient (Wildman–Crippen LogP) is 4.18. The summed E-state index contributed by atoms with van der Waals surface area (Å²) in [6.45, 7) is 10.6. The van der Waals surface area contributed by atoms with E-state index < -0.39 is 0 Å². The third-order valence-corrected chi connectivity index (χ3v) is 3.01. The van der Waals surface area contributed by atoms with Gasteiger partial charge in [-0.1, -0.05) is 32.9 Å². The van der Waals surface area contributed by atoms with Gasteiger partial charge in [-0.3, -0.25) is 0 Å². The second-order valence-corrected chi connectivity index (χ2v) is 7.33. The standard InChI is InChI=1S/C18H28N2O2/c1-17(2,3)13-18(4,5)20-16(21)19-11-10-14-8-7-9-15(12-14)22-6/h7-12H,13H2,1-6H3,(H2,19,20,21)/b11-10+. The van der Waals surface area contributed by atoms with Crippen LogP contribution in [0.4, 0.5) is 4.79 Å². The fourth-order valence-electron chi connectivity index (χ4n) is 2.67. The van der Waals surface area contributed by atoms with Crippen molar-refractivity contribution in [2.24, 2.45) is 5.41 Å². The molecule has 4 nitrogen and oxygen atoms in total. The van der Waals surface area contributed by atoms with Gasteiger partial charge in [0.1, 0.15) is 5.75 Å². The van der Waals surface area contributed by atoms with Gasteiger partial charge in [-0.15, -0.1) is 0 Å². The van der Waals surface area contributed by atoms with Crippen LogP contribution in [0, 0.1) is 5.41 Å². The number of urea groups is 1. The van der Waals surface area contributed by atoms with Crippen molar-refractivity contribution in [1.29, 1.82) is 0 Å². The van der Waals surface area contributed by atoms with Crippen molar-refractivity contribution in [2.75, 3.05) is 7.11 Å². The van der Waals surface area contributed by atoms with Crippen LogP contribution in [-0.4, -0.2) is 18.7 Å². The smallest absolute Gasteiger partial charge is 0.319 e. The van der Waals surface area contributed by atoms with E-state index in [1.54, 1.807) is 13.3 Å². The normalized spacial score (nSPS) is 12.3. The second kappa shape index (κ2) is 7.34. The first-order chi connectivity index (χ1) is 10.1. The van der Waals surface area contributed by atoms with Crippen LogP contribution in [0.25, 0.3) is 6.08 Å². The molecular weight excluding hydrogens is 276 g/mol. The van der Waals surface area contributed by atoms with Gasteiger partial charge in [-0.05, 0) is 49.5 Å². The molecule has 0 aliphatic heterocycles. The van der Waals surface area contributed by atoms with E-state index in [0.29, 0.717) is 0 Å². The number of nitrogens with one attached hydrogen (secondary N) is 2. The number of hydrogen-bond donors (Lipinski definition) is 2. The maximum Gasteiger partial charge on any atom is 0.319 e. The molecule has 0 aromatic heterocycles. The largest absolute Gasteiger partial charge is 0.497 e. The summed E-state index contributed by atoms with van der Waals surface area (Å²) in [7, 11) is 1.63. The molecule has 2 N–H and O–H groups in total. The Bertz CT molecular complexity index is 528. The lowest BCUT2D eigenvalue weighted by Crippen LogP contribution is -2.48. The predicted molar refractivity (Wildman–Crippen MR) is 91.8 cm³/mol. The Morgan fingerprint density at radius 2 is 1.91 bits per heavy atom. The lowest BCUT2D eigenvalue weighted by atomic mass is 9.82. The summed E-state index contributed by atoms with van der Waals surface area (Å²) in [5.41, 5.74) is 0.868. The van der Waals surface area contributed by atoms with Crippen molar-refractivity contribution in [3.05, 3.63) is 36.0 Å². The van der Waals surface area contributed by atoms with Gasteiger partial charge in [0.15, 0.2) is 0 Å². The highest BCUT2D eigenvalue weighted by Gasteiger charge is 2.26. The van der Waals surface area contributed by atoms with E-state index in [2.05, 4.69) is 31.4 Å². The minimum absolute atomic E-state index is 0.160. The highest BCUT2D eigenvalue weighted by Crippen LogP contribution is 2.26. The first-order valence-corrected chi connectivity index (χ1v) is 7.51. The maximum absolute atomic E-state index is 12.0. The highest BCUT2D eigenvalue weighted by atomic mass is 16.5. The monoisotopic (exact) mass is 304 g/mol. The van der Waals surface area contributed by atoms with E-state index in [9.17, 15) is 4.79 Å². The Labute approximate surface area is 133 Å². The number of benzene rings is 1. The summed E-state index contributed by atoms with van der Waals surface area (Å²) in [5.74, 6) is 0.790. The molecule has 0 saturated heterocycles. The van der Waals surface area contributed by atoms with Crippen LogP contribution in [-0.2, 0) is 0 Å². The summed E-state index contributed by atoms with van der Waals surface area (Å²) < 4.78 is 5.16. The van der Waals surface area contributed by atoms with Crippen LogP contribution < -0.4 is 15.4 Å². The molecule has 1 rings (SSSR count). The number of ether oxygens (including phenoxy) is 1. The maximum atomic E-state index is 12.0. The summed E-state index contributed by atoms with van der Waals surface area (Å²) in [5, 5.41) is 5.73. The average Bonchev–Trinajstić information content (AvgIpc) is 2.35. The molecule has 0 unspecified atom stereocenters. The van der Waals surface area contributed by atoms with Gasteiger partial charge in [-0.25, -0.2) is 4.79 Å². The number of rotatable bonds is 5. The van der Waals surface area contributed by atoms with Crippen LogP contribution >= 0.6 is 0 Å². The lowest BCUT2D eigenvalue weighted by Gasteiger charge is -2.33. The van der Waals surface area contributed by atoms with Gasteiger partial charge < -0.3 is 15.4 Å². The van der Waals surface area contributed by atoms with Crippen molar-refractivity contribution in [3.8, 4) is 5.75 Å². The zero-order valence-corrected chi connectivity index (χ0v) is 14.5. The van der Waals surface area contributed by atoms with Crippen molar-refractivity contribution in [2.45, 2.75) is 46.6 Å². The zero-order valence-electron chi connectivity index (χ0n) is 14.5. The highest BCUT2D eigenvalue weighted by molar-refractivity contribution is 5.76.